The fraction of sp³-hybridized carbons (Fsp3) is 0.455. The van der Waals surface area contributed by atoms with Gasteiger partial charge in [-0.15, -0.1) is 0 Å². The fourth-order valence-corrected chi connectivity index (χ4v) is 1.90. The van der Waals surface area contributed by atoms with Crippen LogP contribution in [0.4, 0.5) is 4.39 Å². The molecule has 1 nitrogen and oxygen atoms in total. The number of benzene rings is 1. The van der Waals surface area contributed by atoms with Gasteiger partial charge in [-0.3, -0.25) is 0 Å². The highest BCUT2D eigenvalue weighted by molar-refractivity contribution is 5.32. The van der Waals surface area contributed by atoms with Crippen LogP contribution in [0.2, 0.25) is 0 Å². The van der Waals surface area contributed by atoms with Crippen molar-refractivity contribution in [1.29, 1.82) is 0 Å². The van der Waals surface area contributed by atoms with E-state index in [9.17, 15) is 4.39 Å². The van der Waals surface area contributed by atoms with Gasteiger partial charge in [0.2, 0.25) is 0 Å². The summed E-state index contributed by atoms with van der Waals surface area (Å²) in [4.78, 5) is 0. The predicted octanol–water partition coefficient (Wildman–Crippen LogP) is 2.07. The summed E-state index contributed by atoms with van der Waals surface area (Å²) in [6.07, 6.45) is 1.01. The molecule has 1 aromatic carbocycles. The predicted molar refractivity (Wildman–Crippen MR) is 51.4 cm³/mol. The van der Waals surface area contributed by atoms with E-state index in [0.717, 1.165) is 19.5 Å². The van der Waals surface area contributed by atoms with Gasteiger partial charge in [-0.2, -0.15) is 0 Å². The summed E-state index contributed by atoms with van der Waals surface area (Å²) in [6, 6.07) is 5.14. The molecule has 1 atom stereocenters. The standard InChI is InChI=1S/C11H14FN/c1-8-7-13-5-4-9-2-3-10(12)6-11(8)9/h2-3,6,8,13H,4-5,7H2,1H3/t8-/m1/s1. The third-order valence-electron chi connectivity index (χ3n) is 2.66. The highest BCUT2D eigenvalue weighted by Gasteiger charge is 2.14. The van der Waals surface area contributed by atoms with E-state index >= 15 is 0 Å². The summed E-state index contributed by atoms with van der Waals surface area (Å²) in [5.41, 5.74) is 2.46. The molecule has 13 heavy (non-hydrogen) atoms. The maximum Gasteiger partial charge on any atom is 0.123 e. The van der Waals surface area contributed by atoms with Crippen LogP contribution in [0.25, 0.3) is 0 Å². The minimum atomic E-state index is -0.118. The topological polar surface area (TPSA) is 12.0 Å². The Labute approximate surface area is 78.0 Å². The molecule has 0 aliphatic carbocycles. The monoisotopic (exact) mass is 179 g/mol. The summed E-state index contributed by atoms with van der Waals surface area (Å²) < 4.78 is 13.0. The van der Waals surface area contributed by atoms with Crippen LogP contribution in [-0.4, -0.2) is 13.1 Å². The molecule has 1 aromatic rings. The van der Waals surface area contributed by atoms with Crippen molar-refractivity contribution in [1.82, 2.24) is 5.32 Å². The average Bonchev–Trinajstić information content (AvgIpc) is 2.29. The Bertz CT molecular complexity index is 309. The van der Waals surface area contributed by atoms with Crippen molar-refractivity contribution in [3.05, 3.63) is 35.1 Å². The first-order valence-corrected chi connectivity index (χ1v) is 4.76. The number of nitrogens with one attached hydrogen (secondary N) is 1. The Morgan fingerprint density at radius 2 is 2.31 bits per heavy atom. The summed E-state index contributed by atoms with van der Waals surface area (Å²) >= 11 is 0. The molecule has 0 saturated carbocycles. The molecule has 0 fully saturated rings. The highest BCUT2D eigenvalue weighted by atomic mass is 19.1. The maximum absolute atomic E-state index is 13.0. The second-order valence-corrected chi connectivity index (χ2v) is 3.70. The zero-order chi connectivity index (χ0) is 9.26. The minimum Gasteiger partial charge on any atom is -0.316 e. The zero-order valence-electron chi connectivity index (χ0n) is 7.81. The van der Waals surface area contributed by atoms with Gasteiger partial charge in [-0.25, -0.2) is 4.39 Å². The van der Waals surface area contributed by atoms with E-state index in [2.05, 4.69) is 12.2 Å². The molecule has 0 saturated heterocycles. The lowest BCUT2D eigenvalue weighted by Crippen LogP contribution is -2.18. The van der Waals surface area contributed by atoms with Gasteiger partial charge in [-0.1, -0.05) is 13.0 Å². The van der Waals surface area contributed by atoms with Gasteiger partial charge in [0.15, 0.2) is 0 Å². The Hall–Kier alpha value is -0.890. The van der Waals surface area contributed by atoms with Crippen molar-refractivity contribution in [2.45, 2.75) is 19.3 Å². The number of hydrogen-bond acceptors (Lipinski definition) is 1. The lowest BCUT2D eigenvalue weighted by Gasteiger charge is -2.11. The molecule has 0 amide bonds. The van der Waals surface area contributed by atoms with Crippen molar-refractivity contribution in [2.75, 3.05) is 13.1 Å². The highest BCUT2D eigenvalue weighted by Crippen LogP contribution is 2.22. The van der Waals surface area contributed by atoms with Crippen LogP contribution < -0.4 is 5.32 Å². The van der Waals surface area contributed by atoms with E-state index in [4.69, 9.17) is 0 Å². The Kier molecular flexibility index (Phi) is 2.32. The van der Waals surface area contributed by atoms with Crippen LogP contribution in [0.5, 0.6) is 0 Å². The number of rotatable bonds is 0. The molecular formula is C11H14FN. The van der Waals surface area contributed by atoms with E-state index in [1.54, 1.807) is 12.1 Å². The third kappa shape index (κ3) is 1.73. The molecule has 0 unspecified atom stereocenters. The van der Waals surface area contributed by atoms with Crippen molar-refractivity contribution < 1.29 is 4.39 Å². The molecule has 2 rings (SSSR count). The van der Waals surface area contributed by atoms with Crippen molar-refractivity contribution in [3.63, 3.8) is 0 Å². The van der Waals surface area contributed by atoms with E-state index in [1.165, 1.54) is 11.1 Å². The molecule has 0 spiro atoms. The second-order valence-electron chi connectivity index (χ2n) is 3.70. The summed E-state index contributed by atoms with van der Waals surface area (Å²) in [5, 5.41) is 3.34. The lowest BCUT2D eigenvalue weighted by atomic mass is 9.95. The number of fused-ring (bicyclic) bond motifs is 1. The molecule has 1 aliphatic rings. The van der Waals surface area contributed by atoms with Crippen molar-refractivity contribution in [2.24, 2.45) is 0 Å². The van der Waals surface area contributed by atoms with Crippen molar-refractivity contribution >= 4 is 0 Å². The zero-order valence-corrected chi connectivity index (χ0v) is 7.81. The van der Waals surface area contributed by atoms with Gasteiger partial charge in [0.1, 0.15) is 5.82 Å². The number of hydrogen-bond donors (Lipinski definition) is 1. The van der Waals surface area contributed by atoms with Crippen LogP contribution in [0, 0.1) is 5.82 Å². The quantitative estimate of drug-likeness (QED) is 0.643. The Morgan fingerprint density at radius 1 is 1.46 bits per heavy atom. The summed E-state index contributed by atoms with van der Waals surface area (Å²) in [5.74, 6) is 0.306. The fourth-order valence-electron chi connectivity index (χ4n) is 1.90. The largest absolute Gasteiger partial charge is 0.316 e. The van der Waals surface area contributed by atoms with Gasteiger partial charge in [0, 0.05) is 6.54 Å². The first kappa shape index (κ1) is 8.70. The molecule has 0 aromatic heterocycles. The number of halogens is 1. The Morgan fingerprint density at radius 3 is 3.15 bits per heavy atom. The minimum absolute atomic E-state index is 0.118. The van der Waals surface area contributed by atoms with Crippen LogP contribution in [0.3, 0.4) is 0 Å². The smallest absolute Gasteiger partial charge is 0.123 e. The van der Waals surface area contributed by atoms with Crippen LogP contribution >= 0.6 is 0 Å². The molecule has 0 bridgehead atoms. The SMILES string of the molecule is C[C@@H]1CNCCc2ccc(F)cc21. The van der Waals surface area contributed by atoms with Gasteiger partial charge in [-0.05, 0) is 42.1 Å². The third-order valence-corrected chi connectivity index (χ3v) is 2.66. The van der Waals surface area contributed by atoms with E-state index in [0.29, 0.717) is 5.92 Å². The van der Waals surface area contributed by atoms with Gasteiger partial charge in [0.05, 0.1) is 0 Å². The van der Waals surface area contributed by atoms with Gasteiger partial charge < -0.3 is 5.32 Å². The molecule has 1 N–H and O–H groups in total. The molecule has 2 heteroatoms. The molecular weight excluding hydrogens is 165 g/mol. The van der Waals surface area contributed by atoms with Gasteiger partial charge >= 0.3 is 0 Å². The maximum atomic E-state index is 13.0. The second kappa shape index (κ2) is 3.46. The summed E-state index contributed by atoms with van der Waals surface area (Å²) in [7, 11) is 0. The van der Waals surface area contributed by atoms with E-state index in [-0.39, 0.29) is 5.82 Å². The first-order valence-electron chi connectivity index (χ1n) is 4.76. The van der Waals surface area contributed by atoms with Gasteiger partial charge in [0.25, 0.3) is 0 Å². The molecule has 70 valence electrons. The molecule has 0 radical (unpaired) electrons. The first-order chi connectivity index (χ1) is 6.27. The molecule has 1 heterocycles. The Balaban J connectivity index is 2.43. The van der Waals surface area contributed by atoms with Crippen molar-refractivity contribution in [3.8, 4) is 0 Å². The van der Waals surface area contributed by atoms with E-state index < -0.39 is 0 Å². The van der Waals surface area contributed by atoms with Crippen LogP contribution in [0.15, 0.2) is 18.2 Å². The van der Waals surface area contributed by atoms with E-state index in [1.807, 2.05) is 6.07 Å². The average molecular weight is 179 g/mol. The van der Waals surface area contributed by atoms with Crippen LogP contribution in [-0.2, 0) is 6.42 Å². The summed E-state index contributed by atoms with van der Waals surface area (Å²) in [6.45, 7) is 4.09. The molecule has 1 aliphatic heterocycles. The normalized spacial score (nSPS) is 22.2. The lowest BCUT2D eigenvalue weighted by molar-refractivity contribution is 0.615. The van der Waals surface area contributed by atoms with Crippen LogP contribution in [0.1, 0.15) is 24.0 Å².